The molecule has 0 spiro atoms. The Labute approximate surface area is 108 Å². The molecular weight excluding hydrogens is 248 g/mol. The molecular formula is C13H10N2O2S. The number of thiophene rings is 1. The summed E-state index contributed by atoms with van der Waals surface area (Å²) in [6.07, 6.45) is 0. The van der Waals surface area contributed by atoms with E-state index in [1.807, 2.05) is 25.1 Å². The molecule has 4 nitrogen and oxygen atoms in total. The van der Waals surface area contributed by atoms with E-state index in [0.29, 0.717) is 16.3 Å². The van der Waals surface area contributed by atoms with Crippen LogP contribution in [0.25, 0.3) is 11.1 Å². The Balaban J connectivity index is 2.19. The molecule has 0 atom stereocenters. The number of hydrogen-bond donors (Lipinski definition) is 1. The smallest absolute Gasteiger partial charge is 0.231 e. The lowest BCUT2D eigenvalue weighted by molar-refractivity contribution is 0.174. The highest BCUT2D eigenvalue weighted by molar-refractivity contribution is 7.16. The summed E-state index contributed by atoms with van der Waals surface area (Å²) < 4.78 is 10.6. The lowest BCUT2D eigenvalue weighted by Gasteiger charge is -2.03. The van der Waals surface area contributed by atoms with Gasteiger partial charge in [0.25, 0.3) is 0 Å². The molecule has 2 aromatic rings. The van der Waals surface area contributed by atoms with Crippen molar-refractivity contribution in [3.8, 4) is 28.7 Å². The highest BCUT2D eigenvalue weighted by Gasteiger charge is 2.19. The maximum absolute atomic E-state index is 9.19. The summed E-state index contributed by atoms with van der Waals surface area (Å²) in [5.41, 5.74) is 8.20. The molecule has 0 amide bonds. The number of rotatable bonds is 1. The standard InChI is InChI=1S/C13H10N2O2S/c1-7-12(9(5-14)13(15)18-7)8-2-3-10-11(4-8)17-6-16-10/h2-4H,6,15H2,1H3. The zero-order valence-electron chi connectivity index (χ0n) is 9.69. The van der Waals surface area contributed by atoms with Crippen molar-refractivity contribution in [3.05, 3.63) is 28.6 Å². The second-order valence-corrected chi connectivity index (χ2v) is 5.21. The fourth-order valence-corrected chi connectivity index (χ4v) is 2.98. The molecule has 0 radical (unpaired) electrons. The van der Waals surface area contributed by atoms with E-state index < -0.39 is 0 Å². The maximum atomic E-state index is 9.19. The molecule has 3 rings (SSSR count). The van der Waals surface area contributed by atoms with Crippen LogP contribution in [0.1, 0.15) is 10.4 Å². The third kappa shape index (κ3) is 1.50. The quantitative estimate of drug-likeness (QED) is 0.854. The largest absolute Gasteiger partial charge is 0.454 e. The molecule has 2 N–H and O–H groups in total. The van der Waals surface area contributed by atoms with Gasteiger partial charge in [-0.3, -0.25) is 0 Å². The normalized spacial score (nSPS) is 12.4. The second kappa shape index (κ2) is 3.93. The summed E-state index contributed by atoms with van der Waals surface area (Å²) in [6, 6.07) is 7.82. The molecule has 18 heavy (non-hydrogen) atoms. The monoisotopic (exact) mass is 258 g/mol. The van der Waals surface area contributed by atoms with Crippen LogP contribution in [0.4, 0.5) is 5.00 Å². The first-order valence-electron chi connectivity index (χ1n) is 5.39. The number of fused-ring (bicyclic) bond motifs is 1. The van der Waals surface area contributed by atoms with Crippen molar-refractivity contribution in [2.75, 3.05) is 12.5 Å². The van der Waals surface area contributed by atoms with Crippen LogP contribution in [-0.2, 0) is 0 Å². The SMILES string of the molecule is Cc1sc(N)c(C#N)c1-c1ccc2c(c1)OCO2. The summed E-state index contributed by atoms with van der Waals surface area (Å²) >= 11 is 1.43. The molecule has 5 heteroatoms. The van der Waals surface area contributed by atoms with Crippen LogP contribution in [0.2, 0.25) is 0 Å². The van der Waals surface area contributed by atoms with Gasteiger partial charge in [0.1, 0.15) is 11.1 Å². The minimum absolute atomic E-state index is 0.245. The van der Waals surface area contributed by atoms with Crippen LogP contribution in [0.3, 0.4) is 0 Å². The summed E-state index contributed by atoms with van der Waals surface area (Å²) in [5.74, 6) is 1.44. The van der Waals surface area contributed by atoms with Crippen molar-refractivity contribution in [2.24, 2.45) is 0 Å². The molecule has 0 unspecified atom stereocenters. The van der Waals surface area contributed by atoms with Gasteiger partial charge >= 0.3 is 0 Å². The first-order chi connectivity index (χ1) is 8.70. The van der Waals surface area contributed by atoms with Crippen molar-refractivity contribution in [1.82, 2.24) is 0 Å². The first kappa shape index (κ1) is 10.9. The molecule has 0 saturated heterocycles. The van der Waals surface area contributed by atoms with E-state index in [1.165, 1.54) is 11.3 Å². The van der Waals surface area contributed by atoms with E-state index in [4.69, 9.17) is 15.2 Å². The van der Waals surface area contributed by atoms with Crippen LogP contribution < -0.4 is 15.2 Å². The number of nitriles is 1. The minimum Gasteiger partial charge on any atom is -0.454 e. The number of ether oxygens (including phenoxy) is 2. The van der Waals surface area contributed by atoms with Gasteiger partial charge in [-0.2, -0.15) is 5.26 Å². The zero-order valence-corrected chi connectivity index (χ0v) is 10.5. The average Bonchev–Trinajstić information content (AvgIpc) is 2.91. The van der Waals surface area contributed by atoms with Gasteiger partial charge in [-0.25, -0.2) is 0 Å². The summed E-state index contributed by atoms with van der Waals surface area (Å²) in [5, 5.41) is 9.75. The van der Waals surface area contributed by atoms with Crippen LogP contribution in [0.15, 0.2) is 18.2 Å². The molecule has 0 saturated carbocycles. The topological polar surface area (TPSA) is 68.3 Å². The van der Waals surface area contributed by atoms with Crippen LogP contribution in [-0.4, -0.2) is 6.79 Å². The third-order valence-corrected chi connectivity index (χ3v) is 3.82. The van der Waals surface area contributed by atoms with Gasteiger partial charge in [-0.1, -0.05) is 6.07 Å². The lowest BCUT2D eigenvalue weighted by Crippen LogP contribution is -1.92. The van der Waals surface area contributed by atoms with Gasteiger partial charge in [0.15, 0.2) is 11.5 Å². The molecule has 1 aromatic heterocycles. The Kier molecular flexibility index (Phi) is 2.39. The number of benzene rings is 1. The number of nitrogen functional groups attached to an aromatic ring is 1. The van der Waals surface area contributed by atoms with Gasteiger partial charge in [0, 0.05) is 10.4 Å². The summed E-state index contributed by atoms with van der Waals surface area (Å²) in [7, 11) is 0. The third-order valence-electron chi connectivity index (χ3n) is 2.88. The predicted octanol–water partition coefficient (Wildman–Crippen LogP) is 2.91. The molecule has 2 heterocycles. The van der Waals surface area contributed by atoms with E-state index in [-0.39, 0.29) is 6.79 Å². The Morgan fingerprint density at radius 3 is 2.89 bits per heavy atom. The van der Waals surface area contributed by atoms with E-state index in [1.54, 1.807) is 0 Å². The Bertz CT molecular complexity index is 670. The van der Waals surface area contributed by atoms with Crippen LogP contribution in [0.5, 0.6) is 11.5 Å². The van der Waals surface area contributed by atoms with Gasteiger partial charge in [-0.05, 0) is 24.6 Å². The average molecular weight is 258 g/mol. The van der Waals surface area contributed by atoms with E-state index in [2.05, 4.69) is 6.07 Å². The Morgan fingerprint density at radius 1 is 1.33 bits per heavy atom. The fraction of sp³-hybridized carbons (Fsp3) is 0.154. The fourth-order valence-electron chi connectivity index (χ4n) is 2.08. The Morgan fingerprint density at radius 2 is 2.11 bits per heavy atom. The highest BCUT2D eigenvalue weighted by Crippen LogP contribution is 2.41. The highest BCUT2D eigenvalue weighted by atomic mass is 32.1. The van der Waals surface area contributed by atoms with Gasteiger partial charge in [-0.15, -0.1) is 11.3 Å². The van der Waals surface area contributed by atoms with E-state index >= 15 is 0 Å². The number of hydrogen-bond acceptors (Lipinski definition) is 5. The molecule has 0 fully saturated rings. The van der Waals surface area contributed by atoms with Gasteiger partial charge in [0.05, 0.1) is 5.56 Å². The maximum Gasteiger partial charge on any atom is 0.231 e. The zero-order chi connectivity index (χ0) is 12.7. The van der Waals surface area contributed by atoms with Crippen molar-refractivity contribution in [3.63, 3.8) is 0 Å². The lowest BCUT2D eigenvalue weighted by atomic mass is 10.0. The van der Waals surface area contributed by atoms with Crippen LogP contribution >= 0.6 is 11.3 Å². The molecule has 90 valence electrons. The van der Waals surface area contributed by atoms with Crippen molar-refractivity contribution in [2.45, 2.75) is 6.92 Å². The van der Waals surface area contributed by atoms with E-state index in [0.717, 1.165) is 21.8 Å². The molecule has 0 bridgehead atoms. The Hall–Kier alpha value is -2.19. The van der Waals surface area contributed by atoms with Crippen molar-refractivity contribution < 1.29 is 9.47 Å². The minimum atomic E-state index is 0.245. The molecule has 0 aliphatic carbocycles. The van der Waals surface area contributed by atoms with Gasteiger partial charge in [0.2, 0.25) is 6.79 Å². The first-order valence-corrected chi connectivity index (χ1v) is 6.21. The summed E-state index contributed by atoms with van der Waals surface area (Å²) in [6.45, 7) is 2.20. The number of aryl methyl sites for hydroxylation is 1. The van der Waals surface area contributed by atoms with Crippen molar-refractivity contribution >= 4 is 16.3 Å². The molecule has 1 aliphatic heterocycles. The molecule has 1 aliphatic rings. The number of nitrogens with zero attached hydrogens (tertiary/aromatic N) is 1. The summed E-state index contributed by atoms with van der Waals surface area (Å²) in [4.78, 5) is 1.03. The van der Waals surface area contributed by atoms with Crippen molar-refractivity contribution in [1.29, 1.82) is 5.26 Å². The number of anilines is 1. The number of nitrogens with two attached hydrogens (primary N) is 1. The van der Waals surface area contributed by atoms with E-state index in [9.17, 15) is 5.26 Å². The second-order valence-electron chi connectivity index (χ2n) is 3.95. The van der Waals surface area contributed by atoms with Gasteiger partial charge < -0.3 is 15.2 Å². The van der Waals surface area contributed by atoms with Crippen LogP contribution in [0, 0.1) is 18.3 Å². The molecule has 1 aromatic carbocycles. The predicted molar refractivity (Wildman–Crippen MR) is 69.7 cm³/mol.